The summed E-state index contributed by atoms with van der Waals surface area (Å²) in [6, 6.07) is 11.7. The highest BCUT2D eigenvalue weighted by Crippen LogP contribution is 2.26. The first kappa shape index (κ1) is 15.2. The van der Waals surface area contributed by atoms with Gasteiger partial charge in [-0.05, 0) is 29.8 Å². The van der Waals surface area contributed by atoms with E-state index >= 15 is 0 Å². The van der Waals surface area contributed by atoms with E-state index in [9.17, 15) is 19.5 Å². The van der Waals surface area contributed by atoms with Crippen LogP contribution < -0.4 is 0 Å². The molecule has 1 heterocycles. The Morgan fingerprint density at radius 2 is 1.65 bits per heavy atom. The number of carboxylic acid groups (broad SMARTS) is 1. The van der Waals surface area contributed by atoms with Crippen LogP contribution in [0, 0.1) is 0 Å². The zero-order valence-electron chi connectivity index (χ0n) is 11.9. The van der Waals surface area contributed by atoms with Crippen molar-refractivity contribution in [2.75, 3.05) is 0 Å². The molecule has 1 aliphatic heterocycles. The van der Waals surface area contributed by atoms with Gasteiger partial charge in [-0.3, -0.25) is 14.5 Å². The van der Waals surface area contributed by atoms with E-state index in [-0.39, 0.29) is 17.5 Å². The lowest BCUT2D eigenvalue weighted by Crippen LogP contribution is -2.46. The lowest BCUT2D eigenvalue weighted by atomic mass is 10.0. The number of carbonyl (C=O) groups excluding carboxylic acids is 2. The predicted octanol–water partition coefficient (Wildman–Crippen LogP) is 2.63. The van der Waals surface area contributed by atoms with Crippen LogP contribution in [-0.4, -0.2) is 33.8 Å². The van der Waals surface area contributed by atoms with E-state index in [0.29, 0.717) is 10.6 Å². The van der Waals surface area contributed by atoms with Crippen LogP contribution in [0.2, 0.25) is 5.02 Å². The number of halogens is 1. The van der Waals surface area contributed by atoms with Crippen LogP contribution in [0.5, 0.6) is 0 Å². The number of fused-ring (bicyclic) bond motifs is 1. The highest BCUT2D eigenvalue weighted by Gasteiger charge is 2.42. The van der Waals surface area contributed by atoms with Crippen molar-refractivity contribution in [1.29, 1.82) is 0 Å². The van der Waals surface area contributed by atoms with Crippen LogP contribution in [0.3, 0.4) is 0 Å². The minimum atomic E-state index is -1.28. The molecule has 0 saturated heterocycles. The van der Waals surface area contributed by atoms with Crippen molar-refractivity contribution < 1.29 is 19.5 Å². The molecule has 1 atom stereocenters. The fourth-order valence-electron chi connectivity index (χ4n) is 2.67. The summed E-state index contributed by atoms with van der Waals surface area (Å²) in [6.07, 6.45) is 0.00135. The molecule has 1 N–H and O–H groups in total. The van der Waals surface area contributed by atoms with Crippen molar-refractivity contribution in [2.45, 2.75) is 12.5 Å². The molecule has 0 spiro atoms. The number of nitrogens with zero attached hydrogens (tertiary/aromatic N) is 1. The first-order chi connectivity index (χ1) is 11.0. The van der Waals surface area contributed by atoms with Crippen molar-refractivity contribution in [2.24, 2.45) is 0 Å². The number of hydrogen-bond donors (Lipinski definition) is 1. The summed E-state index contributed by atoms with van der Waals surface area (Å²) >= 11 is 5.90. The van der Waals surface area contributed by atoms with Gasteiger partial charge in [0.1, 0.15) is 6.04 Å². The van der Waals surface area contributed by atoms with Gasteiger partial charge >= 0.3 is 5.97 Å². The summed E-state index contributed by atoms with van der Waals surface area (Å²) in [5.41, 5.74) is 1.10. The van der Waals surface area contributed by atoms with Crippen LogP contribution in [0.25, 0.3) is 0 Å². The van der Waals surface area contributed by atoms with Crippen molar-refractivity contribution in [3.05, 3.63) is 70.2 Å². The van der Waals surface area contributed by atoms with Crippen LogP contribution in [0.15, 0.2) is 48.5 Å². The van der Waals surface area contributed by atoms with E-state index in [1.807, 2.05) is 0 Å². The molecule has 2 amide bonds. The summed E-state index contributed by atoms with van der Waals surface area (Å²) in [7, 11) is 0. The van der Waals surface area contributed by atoms with Crippen LogP contribution >= 0.6 is 11.6 Å². The zero-order chi connectivity index (χ0) is 16.6. The molecule has 2 aromatic rings. The Bertz CT molecular complexity index is 783. The third kappa shape index (κ3) is 2.71. The number of hydrogen-bond acceptors (Lipinski definition) is 3. The smallest absolute Gasteiger partial charge is 0.327 e. The van der Waals surface area contributed by atoms with Gasteiger partial charge in [-0.25, -0.2) is 4.79 Å². The predicted molar refractivity (Wildman–Crippen MR) is 83.5 cm³/mol. The van der Waals surface area contributed by atoms with Crippen LogP contribution in [0.1, 0.15) is 26.3 Å². The fourth-order valence-corrected chi connectivity index (χ4v) is 2.88. The van der Waals surface area contributed by atoms with E-state index in [1.165, 1.54) is 12.1 Å². The van der Waals surface area contributed by atoms with E-state index in [2.05, 4.69) is 0 Å². The van der Waals surface area contributed by atoms with Crippen LogP contribution in [-0.2, 0) is 11.2 Å². The standard InChI is InChI=1S/C17H12ClNO4/c18-11-5-3-4-10(8-11)9-14(17(22)23)19-15(20)12-6-1-2-7-13(12)16(19)21/h1-8,14H,9H2,(H,22,23). The second-order valence-electron chi connectivity index (χ2n) is 5.21. The van der Waals surface area contributed by atoms with Gasteiger partial charge in [0.15, 0.2) is 0 Å². The fraction of sp³-hybridized carbons (Fsp3) is 0.118. The Balaban J connectivity index is 1.95. The van der Waals surface area contributed by atoms with E-state index in [0.717, 1.165) is 4.90 Å². The third-order valence-electron chi connectivity index (χ3n) is 3.74. The van der Waals surface area contributed by atoms with E-state index < -0.39 is 23.8 Å². The Hall–Kier alpha value is -2.66. The van der Waals surface area contributed by atoms with Crippen molar-refractivity contribution >= 4 is 29.4 Å². The number of imide groups is 1. The number of benzene rings is 2. The third-order valence-corrected chi connectivity index (χ3v) is 3.98. The zero-order valence-corrected chi connectivity index (χ0v) is 12.7. The van der Waals surface area contributed by atoms with Crippen molar-refractivity contribution in [1.82, 2.24) is 4.90 Å². The quantitative estimate of drug-likeness (QED) is 0.875. The highest BCUT2D eigenvalue weighted by atomic mass is 35.5. The molecule has 1 unspecified atom stereocenters. The first-order valence-corrected chi connectivity index (χ1v) is 7.31. The van der Waals surface area contributed by atoms with Crippen molar-refractivity contribution in [3.63, 3.8) is 0 Å². The number of carbonyl (C=O) groups is 3. The molecule has 1 aliphatic rings. The Kier molecular flexibility index (Phi) is 3.88. The number of amides is 2. The average Bonchev–Trinajstić information content (AvgIpc) is 2.77. The molecule has 5 nitrogen and oxygen atoms in total. The monoisotopic (exact) mass is 329 g/mol. The molecular formula is C17H12ClNO4. The summed E-state index contributed by atoms with van der Waals surface area (Å²) in [5.74, 6) is -2.40. The van der Waals surface area contributed by atoms with Gasteiger partial charge in [0, 0.05) is 11.4 Å². The number of rotatable bonds is 4. The largest absolute Gasteiger partial charge is 0.480 e. The summed E-state index contributed by atoms with van der Waals surface area (Å²) in [4.78, 5) is 37.3. The summed E-state index contributed by atoms with van der Waals surface area (Å²) in [5, 5.41) is 9.97. The van der Waals surface area contributed by atoms with Crippen LogP contribution in [0.4, 0.5) is 0 Å². The SMILES string of the molecule is O=C(O)C(Cc1cccc(Cl)c1)N1C(=O)c2ccccc2C1=O. The van der Waals surface area contributed by atoms with Gasteiger partial charge < -0.3 is 5.11 Å². The molecule has 0 saturated carbocycles. The Morgan fingerprint density at radius 3 is 2.17 bits per heavy atom. The van der Waals surface area contributed by atoms with E-state index in [1.54, 1.807) is 36.4 Å². The maximum atomic E-state index is 12.4. The minimum Gasteiger partial charge on any atom is -0.480 e. The van der Waals surface area contributed by atoms with Gasteiger partial charge in [0.25, 0.3) is 11.8 Å². The van der Waals surface area contributed by atoms with Gasteiger partial charge in [0.2, 0.25) is 0 Å². The molecule has 23 heavy (non-hydrogen) atoms. The molecule has 0 aliphatic carbocycles. The topological polar surface area (TPSA) is 74.7 Å². The van der Waals surface area contributed by atoms with Gasteiger partial charge in [-0.2, -0.15) is 0 Å². The molecule has 0 bridgehead atoms. The second-order valence-corrected chi connectivity index (χ2v) is 5.65. The lowest BCUT2D eigenvalue weighted by Gasteiger charge is -2.22. The number of aliphatic carboxylic acids is 1. The molecule has 2 aromatic carbocycles. The molecule has 6 heteroatoms. The summed E-state index contributed by atoms with van der Waals surface area (Å²) < 4.78 is 0. The number of carboxylic acids is 1. The Morgan fingerprint density at radius 1 is 1.04 bits per heavy atom. The highest BCUT2D eigenvalue weighted by molar-refractivity contribution is 6.30. The lowest BCUT2D eigenvalue weighted by molar-refractivity contribution is -0.141. The normalized spacial score (nSPS) is 14.7. The maximum absolute atomic E-state index is 12.4. The van der Waals surface area contributed by atoms with Gasteiger partial charge in [-0.15, -0.1) is 0 Å². The first-order valence-electron chi connectivity index (χ1n) is 6.93. The molecule has 0 radical (unpaired) electrons. The van der Waals surface area contributed by atoms with E-state index in [4.69, 9.17) is 11.6 Å². The minimum absolute atomic E-state index is 0.00135. The average molecular weight is 330 g/mol. The molecule has 116 valence electrons. The van der Waals surface area contributed by atoms with Gasteiger partial charge in [0.05, 0.1) is 11.1 Å². The maximum Gasteiger partial charge on any atom is 0.327 e. The Labute approximate surface area is 137 Å². The van der Waals surface area contributed by atoms with Crippen molar-refractivity contribution in [3.8, 4) is 0 Å². The molecule has 0 fully saturated rings. The molecular weight excluding hydrogens is 318 g/mol. The summed E-state index contributed by atoms with van der Waals surface area (Å²) in [6.45, 7) is 0. The molecule has 3 rings (SSSR count). The van der Waals surface area contributed by atoms with Gasteiger partial charge in [-0.1, -0.05) is 35.9 Å². The second kappa shape index (κ2) is 5.85. The molecule has 0 aromatic heterocycles.